The van der Waals surface area contributed by atoms with E-state index in [0.717, 1.165) is 32.1 Å². The average Bonchev–Trinajstić information content (AvgIpc) is 2.49. The molecule has 1 saturated heterocycles. The normalized spacial score (nSPS) is 49.2. The molecular formula is C20H33ClO3. The van der Waals surface area contributed by atoms with Gasteiger partial charge in [-0.05, 0) is 63.2 Å². The summed E-state index contributed by atoms with van der Waals surface area (Å²) in [5, 5.41) is 10.4. The van der Waals surface area contributed by atoms with E-state index in [1.165, 1.54) is 0 Å². The molecule has 3 nitrogen and oxygen atoms in total. The molecule has 4 heteroatoms. The quantitative estimate of drug-likeness (QED) is 0.749. The van der Waals surface area contributed by atoms with Gasteiger partial charge in [0, 0.05) is 11.8 Å². The molecule has 3 rings (SSSR count). The molecular weight excluding hydrogens is 324 g/mol. The number of carbonyl (C=O) groups is 1. The van der Waals surface area contributed by atoms with Gasteiger partial charge >= 0.3 is 0 Å². The van der Waals surface area contributed by atoms with Crippen molar-refractivity contribution in [3.05, 3.63) is 0 Å². The fourth-order valence-corrected chi connectivity index (χ4v) is 6.80. The van der Waals surface area contributed by atoms with Crippen molar-refractivity contribution in [2.75, 3.05) is 5.88 Å². The van der Waals surface area contributed by atoms with E-state index in [-0.39, 0.29) is 22.3 Å². The zero-order valence-electron chi connectivity index (χ0n) is 15.8. The highest BCUT2D eigenvalue weighted by Gasteiger charge is 2.63. The van der Waals surface area contributed by atoms with E-state index in [0.29, 0.717) is 24.0 Å². The first-order valence-corrected chi connectivity index (χ1v) is 10.0. The van der Waals surface area contributed by atoms with Crippen molar-refractivity contribution in [1.82, 2.24) is 0 Å². The van der Waals surface area contributed by atoms with Crippen LogP contribution in [0.4, 0.5) is 0 Å². The summed E-state index contributed by atoms with van der Waals surface area (Å²) in [5.74, 6) is 1.49. The molecule has 1 aliphatic heterocycles. The summed E-state index contributed by atoms with van der Waals surface area (Å²) in [6, 6.07) is 0. The maximum absolute atomic E-state index is 12.5. The van der Waals surface area contributed by atoms with E-state index in [2.05, 4.69) is 27.7 Å². The van der Waals surface area contributed by atoms with Gasteiger partial charge in [0.2, 0.25) is 0 Å². The third-order valence-electron chi connectivity index (χ3n) is 7.99. The number of ether oxygens (including phenoxy) is 1. The lowest BCUT2D eigenvalue weighted by Crippen LogP contribution is -2.65. The van der Waals surface area contributed by atoms with Crippen molar-refractivity contribution >= 4 is 17.4 Å². The molecule has 0 unspecified atom stereocenters. The molecule has 0 aromatic carbocycles. The Morgan fingerprint density at radius 3 is 2.38 bits per heavy atom. The Bertz CT molecular complexity index is 533. The molecule has 0 spiro atoms. The Morgan fingerprint density at radius 2 is 1.75 bits per heavy atom. The molecule has 6 atom stereocenters. The highest BCUT2D eigenvalue weighted by Crippen LogP contribution is 2.64. The number of halogens is 1. The van der Waals surface area contributed by atoms with E-state index < -0.39 is 11.7 Å². The number of aliphatic hydroxyl groups excluding tert-OH is 1. The fourth-order valence-electron chi connectivity index (χ4n) is 6.48. The van der Waals surface area contributed by atoms with Gasteiger partial charge in [0.05, 0.1) is 23.2 Å². The third-order valence-corrected chi connectivity index (χ3v) is 8.28. The second-order valence-corrected chi connectivity index (χ2v) is 10.0. The summed E-state index contributed by atoms with van der Waals surface area (Å²) in [6.45, 7) is 10.9. The van der Waals surface area contributed by atoms with Crippen molar-refractivity contribution in [3.8, 4) is 0 Å². The van der Waals surface area contributed by atoms with Crippen LogP contribution in [0.25, 0.3) is 0 Å². The number of alkyl halides is 1. The molecule has 0 amide bonds. The van der Waals surface area contributed by atoms with Crippen LogP contribution < -0.4 is 0 Å². The lowest BCUT2D eigenvalue weighted by molar-refractivity contribution is -0.280. The molecule has 1 N–H and O–H groups in total. The number of hydrogen-bond donors (Lipinski definition) is 1. The zero-order valence-corrected chi connectivity index (χ0v) is 16.6. The standard InChI is InChI=1S/C20H33ClO3/c1-17(2)13-6-10-19(4)14(18(13,3)9-8-15(17)22)7-11-20(5,24-19)16(23)12-21/h13-14,16,23H,6-12H2,1-5H3/t13-,14+,16-,18-,19+,20-/m1/s1. The Kier molecular flexibility index (Phi) is 4.42. The SMILES string of the molecule is CC1(C)C(=O)CC[C@]2(C)[C@@H]1CC[C@]1(C)O[C@@](C)([C@H](O)CCl)CC[C@@H]21. The van der Waals surface area contributed by atoms with Crippen LogP contribution >= 0.6 is 11.6 Å². The Labute approximate surface area is 151 Å². The fraction of sp³-hybridized carbons (Fsp3) is 0.950. The minimum atomic E-state index is -0.633. The van der Waals surface area contributed by atoms with Gasteiger partial charge in [0.1, 0.15) is 5.78 Å². The van der Waals surface area contributed by atoms with Crippen molar-refractivity contribution in [3.63, 3.8) is 0 Å². The van der Waals surface area contributed by atoms with Crippen LogP contribution in [0.2, 0.25) is 0 Å². The monoisotopic (exact) mass is 356 g/mol. The number of rotatable bonds is 2. The molecule has 1 heterocycles. The van der Waals surface area contributed by atoms with Crippen molar-refractivity contribution in [2.24, 2.45) is 22.7 Å². The molecule has 0 aromatic rings. The Balaban J connectivity index is 1.92. The van der Waals surface area contributed by atoms with Crippen molar-refractivity contribution in [1.29, 1.82) is 0 Å². The van der Waals surface area contributed by atoms with Crippen LogP contribution in [0.3, 0.4) is 0 Å². The lowest BCUT2D eigenvalue weighted by Gasteiger charge is -2.65. The molecule has 2 saturated carbocycles. The maximum Gasteiger partial charge on any atom is 0.138 e. The van der Waals surface area contributed by atoms with Crippen LogP contribution in [0, 0.1) is 22.7 Å². The largest absolute Gasteiger partial charge is 0.389 e. The van der Waals surface area contributed by atoms with Crippen LogP contribution in [0.1, 0.15) is 73.1 Å². The van der Waals surface area contributed by atoms with Gasteiger partial charge in [-0.3, -0.25) is 4.79 Å². The van der Waals surface area contributed by atoms with E-state index in [9.17, 15) is 9.90 Å². The first-order valence-electron chi connectivity index (χ1n) is 9.47. The first kappa shape index (κ1) is 18.7. The topological polar surface area (TPSA) is 46.5 Å². The number of ketones is 1. The maximum atomic E-state index is 12.5. The molecule has 2 aliphatic carbocycles. The van der Waals surface area contributed by atoms with Crippen molar-refractivity contribution in [2.45, 2.75) is 90.4 Å². The Hall–Kier alpha value is -0.120. The number of carbonyl (C=O) groups excluding carboxylic acids is 1. The van der Waals surface area contributed by atoms with Gasteiger partial charge in [-0.1, -0.05) is 20.8 Å². The minimum absolute atomic E-state index is 0.137. The van der Waals surface area contributed by atoms with Crippen LogP contribution in [0.5, 0.6) is 0 Å². The summed E-state index contributed by atoms with van der Waals surface area (Å²) in [7, 11) is 0. The Morgan fingerprint density at radius 1 is 1.12 bits per heavy atom. The highest BCUT2D eigenvalue weighted by atomic mass is 35.5. The summed E-state index contributed by atoms with van der Waals surface area (Å²) >= 11 is 5.92. The predicted octanol–water partition coefficient (Wildman–Crippen LogP) is 4.34. The summed E-state index contributed by atoms with van der Waals surface area (Å²) < 4.78 is 6.61. The van der Waals surface area contributed by atoms with Gasteiger partial charge in [-0.15, -0.1) is 11.6 Å². The van der Waals surface area contributed by atoms with E-state index in [1.807, 2.05) is 6.92 Å². The second kappa shape index (κ2) is 5.69. The molecule has 138 valence electrons. The number of aliphatic hydroxyl groups is 1. The molecule has 24 heavy (non-hydrogen) atoms. The van der Waals surface area contributed by atoms with Crippen LogP contribution in [-0.4, -0.2) is 34.1 Å². The smallest absolute Gasteiger partial charge is 0.138 e. The third kappa shape index (κ3) is 2.49. The van der Waals surface area contributed by atoms with E-state index >= 15 is 0 Å². The first-order chi connectivity index (χ1) is 11.0. The van der Waals surface area contributed by atoms with Gasteiger partial charge in [0.25, 0.3) is 0 Å². The molecule has 3 fully saturated rings. The predicted molar refractivity (Wildman–Crippen MR) is 96.2 cm³/mol. The number of hydrogen-bond acceptors (Lipinski definition) is 3. The van der Waals surface area contributed by atoms with Crippen molar-refractivity contribution < 1.29 is 14.6 Å². The average molecular weight is 357 g/mol. The van der Waals surface area contributed by atoms with E-state index in [1.54, 1.807) is 0 Å². The number of Topliss-reactive ketones (excluding diaryl/α,β-unsaturated/α-hetero) is 1. The second-order valence-electron chi connectivity index (χ2n) is 9.73. The summed E-state index contributed by atoms with van der Waals surface area (Å²) in [4.78, 5) is 12.5. The highest BCUT2D eigenvalue weighted by molar-refractivity contribution is 6.18. The number of fused-ring (bicyclic) bond motifs is 3. The van der Waals surface area contributed by atoms with Gasteiger partial charge in [-0.2, -0.15) is 0 Å². The van der Waals surface area contributed by atoms with Gasteiger partial charge in [0.15, 0.2) is 0 Å². The molecule has 3 aliphatic rings. The summed E-state index contributed by atoms with van der Waals surface area (Å²) in [5.41, 5.74) is -0.889. The van der Waals surface area contributed by atoms with Crippen LogP contribution in [0.15, 0.2) is 0 Å². The minimum Gasteiger partial charge on any atom is -0.389 e. The van der Waals surface area contributed by atoms with Gasteiger partial charge < -0.3 is 9.84 Å². The zero-order chi connectivity index (χ0) is 18.0. The molecule has 0 aromatic heterocycles. The molecule has 0 bridgehead atoms. The van der Waals surface area contributed by atoms with Crippen LogP contribution in [-0.2, 0) is 9.53 Å². The molecule has 0 radical (unpaired) electrons. The van der Waals surface area contributed by atoms with Gasteiger partial charge in [-0.25, -0.2) is 0 Å². The van der Waals surface area contributed by atoms with E-state index in [4.69, 9.17) is 16.3 Å². The summed E-state index contributed by atoms with van der Waals surface area (Å²) in [6.07, 6.45) is 4.88. The lowest BCUT2D eigenvalue weighted by atomic mass is 9.44.